The van der Waals surface area contributed by atoms with Crippen LogP contribution in [0.2, 0.25) is 0 Å². The van der Waals surface area contributed by atoms with Gasteiger partial charge >= 0.3 is 11.9 Å². The summed E-state index contributed by atoms with van der Waals surface area (Å²) in [6, 6.07) is 4.28. The molecule has 0 spiro atoms. The number of likely N-dealkylation sites (tertiary alicyclic amines) is 1. The van der Waals surface area contributed by atoms with Crippen LogP contribution in [0.5, 0.6) is 0 Å². The summed E-state index contributed by atoms with van der Waals surface area (Å²) in [6.45, 7) is 0.494. The van der Waals surface area contributed by atoms with Gasteiger partial charge in [-0.2, -0.15) is 13.2 Å². The van der Waals surface area contributed by atoms with Crippen molar-refractivity contribution in [3.05, 3.63) is 46.5 Å². The van der Waals surface area contributed by atoms with E-state index in [0.29, 0.717) is 28.9 Å². The summed E-state index contributed by atoms with van der Waals surface area (Å²) in [4.78, 5) is 26.3. The lowest BCUT2D eigenvalue weighted by molar-refractivity contribution is -0.147. The van der Waals surface area contributed by atoms with Gasteiger partial charge in [-0.25, -0.2) is 9.48 Å². The van der Waals surface area contributed by atoms with E-state index in [1.54, 1.807) is 12.1 Å². The van der Waals surface area contributed by atoms with Crippen LogP contribution in [0, 0.1) is 0 Å². The summed E-state index contributed by atoms with van der Waals surface area (Å²) in [5.74, 6) is -0.860. The Morgan fingerprint density at radius 3 is 2.55 bits per heavy atom. The molecule has 0 radical (unpaired) electrons. The van der Waals surface area contributed by atoms with E-state index < -0.39 is 23.7 Å². The number of aromatic nitrogens is 4. The third kappa shape index (κ3) is 3.45. The van der Waals surface area contributed by atoms with Crippen molar-refractivity contribution in [1.82, 2.24) is 24.4 Å². The summed E-state index contributed by atoms with van der Waals surface area (Å²) in [5, 5.41) is 7.22. The quantitative estimate of drug-likeness (QED) is 0.656. The maximum absolute atomic E-state index is 13.0. The van der Waals surface area contributed by atoms with Crippen LogP contribution in [0.1, 0.15) is 35.2 Å². The van der Waals surface area contributed by atoms with Gasteiger partial charge in [0.15, 0.2) is 11.5 Å². The molecular formula is C17H16F3N5O4. The number of carbonyl (C=O) groups is 1. The smallest absolute Gasteiger partial charge is 0.451 e. The average molecular weight is 411 g/mol. The second kappa shape index (κ2) is 6.94. The molecule has 0 bridgehead atoms. The van der Waals surface area contributed by atoms with E-state index in [0.717, 1.165) is 11.7 Å². The number of furan rings is 1. The number of amides is 1. The Hall–Kier alpha value is -3.31. The van der Waals surface area contributed by atoms with Crippen LogP contribution in [-0.2, 0) is 13.2 Å². The molecule has 154 valence electrons. The molecule has 9 nitrogen and oxygen atoms in total. The van der Waals surface area contributed by atoms with Crippen LogP contribution in [0.4, 0.5) is 13.2 Å². The number of rotatable bonds is 3. The van der Waals surface area contributed by atoms with Gasteiger partial charge in [-0.15, -0.1) is 5.10 Å². The van der Waals surface area contributed by atoms with Crippen molar-refractivity contribution in [2.45, 2.75) is 25.1 Å². The molecule has 0 unspecified atom stereocenters. The summed E-state index contributed by atoms with van der Waals surface area (Å²) in [7, 11) is 1.04. The molecule has 4 rings (SSSR count). The average Bonchev–Trinajstić information content (AvgIpc) is 3.42. The Bertz CT molecular complexity index is 1070. The number of hydrogen-bond acceptors (Lipinski definition) is 6. The van der Waals surface area contributed by atoms with Crippen molar-refractivity contribution in [3.8, 4) is 11.5 Å². The largest absolute Gasteiger partial charge is 0.461 e. The zero-order valence-corrected chi connectivity index (χ0v) is 15.2. The molecule has 0 aromatic carbocycles. The van der Waals surface area contributed by atoms with Gasteiger partial charge in [0.1, 0.15) is 0 Å². The minimum absolute atomic E-state index is 0.101. The first kappa shape index (κ1) is 19.0. The molecule has 3 aromatic heterocycles. The van der Waals surface area contributed by atoms with Gasteiger partial charge in [0.05, 0.1) is 12.3 Å². The fourth-order valence-corrected chi connectivity index (χ4v) is 3.33. The molecule has 1 fully saturated rings. The second-order valence-corrected chi connectivity index (χ2v) is 6.68. The van der Waals surface area contributed by atoms with E-state index in [1.165, 1.54) is 17.2 Å². The van der Waals surface area contributed by atoms with Crippen LogP contribution in [-0.4, -0.2) is 43.4 Å². The van der Waals surface area contributed by atoms with Gasteiger partial charge in [-0.3, -0.25) is 9.36 Å². The lowest BCUT2D eigenvalue weighted by atomic mass is 10.0. The van der Waals surface area contributed by atoms with Crippen molar-refractivity contribution in [3.63, 3.8) is 0 Å². The normalized spacial score (nSPS) is 15.8. The maximum atomic E-state index is 13.0. The van der Waals surface area contributed by atoms with Gasteiger partial charge in [0.25, 0.3) is 5.91 Å². The highest BCUT2D eigenvalue weighted by atomic mass is 19.4. The highest BCUT2D eigenvalue weighted by molar-refractivity contribution is 5.93. The fourth-order valence-electron chi connectivity index (χ4n) is 3.33. The summed E-state index contributed by atoms with van der Waals surface area (Å²) < 4.78 is 50.5. The number of nitrogens with zero attached hydrogens (tertiary/aromatic N) is 5. The van der Waals surface area contributed by atoms with Crippen molar-refractivity contribution in [2.75, 3.05) is 13.1 Å². The zero-order chi connectivity index (χ0) is 20.8. The number of halogens is 3. The molecule has 1 aliphatic rings. The molecule has 1 saturated heterocycles. The number of hydrogen-bond donors (Lipinski definition) is 0. The van der Waals surface area contributed by atoms with E-state index in [-0.39, 0.29) is 24.7 Å². The molecule has 29 heavy (non-hydrogen) atoms. The highest BCUT2D eigenvalue weighted by Gasteiger charge is 2.39. The highest BCUT2D eigenvalue weighted by Crippen LogP contribution is 2.28. The molecule has 3 aromatic rings. The van der Waals surface area contributed by atoms with E-state index in [2.05, 4.69) is 10.3 Å². The van der Waals surface area contributed by atoms with E-state index >= 15 is 0 Å². The molecule has 0 saturated carbocycles. The SMILES string of the molecule is Cn1c(C(F)(F)F)nn(C2CCN(C(=O)c3cc(-c4ccco4)on3)CC2)c1=O. The van der Waals surface area contributed by atoms with E-state index in [9.17, 15) is 22.8 Å². The zero-order valence-electron chi connectivity index (χ0n) is 15.2. The standard InChI is InChI=1S/C17H16F3N5O4/c1-23-15(17(18,19)20)21-25(16(23)27)10-4-6-24(7-5-10)14(26)11-9-13(29-22-11)12-3-2-8-28-12/h2-3,8-10H,4-7H2,1H3. The van der Waals surface area contributed by atoms with Crippen molar-refractivity contribution >= 4 is 5.91 Å². The second-order valence-electron chi connectivity index (χ2n) is 6.68. The van der Waals surface area contributed by atoms with E-state index in [1.807, 2.05) is 0 Å². The predicted molar refractivity (Wildman–Crippen MR) is 90.8 cm³/mol. The van der Waals surface area contributed by atoms with Gasteiger partial charge in [-0.1, -0.05) is 5.16 Å². The number of alkyl halides is 3. The minimum Gasteiger partial charge on any atom is -0.461 e. The van der Waals surface area contributed by atoms with Crippen LogP contribution < -0.4 is 5.69 Å². The molecule has 0 aliphatic carbocycles. The Balaban J connectivity index is 1.45. The number of carbonyl (C=O) groups excluding carboxylic acids is 1. The van der Waals surface area contributed by atoms with Crippen LogP contribution >= 0.6 is 0 Å². The minimum atomic E-state index is -4.71. The van der Waals surface area contributed by atoms with Gasteiger partial charge in [-0.05, 0) is 25.0 Å². The van der Waals surface area contributed by atoms with Gasteiger partial charge in [0.2, 0.25) is 11.6 Å². The summed E-state index contributed by atoms with van der Waals surface area (Å²) in [5.41, 5.74) is -0.731. The lowest BCUT2D eigenvalue weighted by Crippen LogP contribution is -2.41. The topological polar surface area (TPSA) is 99.3 Å². The molecule has 1 aliphatic heterocycles. The molecule has 0 atom stereocenters. The van der Waals surface area contributed by atoms with Crippen molar-refractivity contribution < 1.29 is 26.9 Å². The third-order valence-electron chi connectivity index (χ3n) is 4.85. The van der Waals surface area contributed by atoms with E-state index in [4.69, 9.17) is 8.94 Å². The molecule has 0 N–H and O–H groups in total. The Kier molecular flexibility index (Phi) is 4.55. The number of piperidine rings is 1. The van der Waals surface area contributed by atoms with Gasteiger partial charge < -0.3 is 13.8 Å². The monoisotopic (exact) mass is 411 g/mol. The summed E-state index contributed by atoms with van der Waals surface area (Å²) in [6.07, 6.45) is -2.66. The first-order valence-corrected chi connectivity index (χ1v) is 8.78. The Morgan fingerprint density at radius 1 is 1.24 bits per heavy atom. The Labute approximate surface area is 161 Å². The third-order valence-corrected chi connectivity index (χ3v) is 4.85. The van der Waals surface area contributed by atoms with Crippen LogP contribution in [0.3, 0.4) is 0 Å². The first-order chi connectivity index (χ1) is 13.8. The maximum Gasteiger partial charge on any atom is 0.451 e. The molecule has 1 amide bonds. The van der Waals surface area contributed by atoms with Gasteiger partial charge in [0, 0.05) is 26.2 Å². The van der Waals surface area contributed by atoms with Crippen molar-refractivity contribution in [1.29, 1.82) is 0 Å². The van der Waals surface area contributed by atoms with Crippen molar-refractivity contribution in [2.24, 2.45) is 7.05 Å². The molecule has 4 heterocycles. The van der Waals surface area contributed by atoms with Crippen LogP contribution in [0.25, 0.3) is 11.5 Å². The van der Waals surface area contributed by atoms with Crippen LogP contribution in [0.15, 0.2) is 38.2 Å². The lowest BCUT2D eigenvalue weighted by Gasteiger charge is -2.31. The molecular weight excluding hydrogens is 395 g/mol. The summed E-state index contributed by atoms with van der Waals surface area (Å²) >= 11 is 0. The predicted octanol–water partition coefficient (Wildman–Crippen LogP) is 2.33. The molecule has 12 heteroatoms. The first-order valence-electron chi connectivity index (χ1n) is 8.78. The fraction of sp³-hybridized carbons (Fsp3) is 0.412. The Morgan fingerprint density at radius 2 is 1.97 bits per heavy atom.